The van der Waals surface area contributed by atoms with Crippen LogP contribution in [-0.4, -0.2) is 27.7 Å². The van der Waals surface area contributed by atoms with Crippen molar-refractivity contribution in [1.29, 1.82) is 0 Å². The summed E-state index contributed by atoms with van der Waals surface area (Å²) < 4.78 is 1.20. The van der Waals surface area contributed by atoms with Gasteiger partial charge in [0, 0.05) is 24.6 Å². The van der Waals surface area contributed by atoms with E-state index in [1.165, 1.54) is 4.70 Å². The maximum absolute atomic E-state index is 12.8. The Labute approximate surface area is 168 Å². The molecule has 1 aliphatic rings. The Bertz CT molecular complexity index is 959. The molecule has 1 saturated carbocycles. The number of para-hydroxylation sites is 1. The molecule has 0 aliphatic heterocycles. The smallest absolute Gasteiger partial charge is 0.248 e. The topological polar surface area (TPSA) is 76.3 Å². The molecule has 0 spiro atoms. The van der Waals surface area contributed by atoms with Gasteiger partial charge in [-0.2, -0.15) is 0 Å². The molecule has 2 amide bonds. The van der Waals surface area contributed by atoms with Gasteiger partial charge in [0.25, 0.3) is 0 Å². The number of amides is 2. The van der Waals surface area contributed by atoms with E-state index in [4.69, 9.17) is 5.73 Å². The number of hydrogen-bond acceptors (Lipinski definition) is 4. The fourth-order valence-corrected chi connectivity index (χ4v) is 4.35. The highest BCUT2D eigenvalue weighted by atomic mass is 32.1. The van der Waals surface area contributed by atoms with E-state index in [-0.39, 0.29) is 5.91 Å². The predicted octanol–water partition coefficient (Wildman–Crippen LogP) is 3.91. The highest BCUT2D eigenvalue weighted by Crippen LogP contribution is 2.29. The number of benzene rings is 2. The Morgan fingerprint density at radius 2 is 1.86 bits per heavy atom. The quantitative estimate of drug-likeness (QED) is 0.630. The first kappa shape index (κ1) is 18.6. The van der Waals surface area contributed by atoms with E-state index in [2.05, 4.69) is 11.1 Å². The van der Waals surface area contributed by atoms with Crippen LogP contribution in [0.4, 0.5) is 0 Å². The van der Waals surface area contributed by atoms with Crippen LogP contribution in [0, 0.1) is 0 Å². The van der Waals surface area contributed by atoms with E-state index in [0.29, 0.717) is 24.6 Å². The zero-order valence-electron chi connectivity index (χ0n) is 15.6. The molecule has 4 rings (SSSR count). The molecule has 1 aromatic heterocycles. The first-order chi connectivity index (χ1) is 13.6. The largest absolute Gasteiger partial charge is 0.366 e. The molecule has 0 bridgehead atoms. The Morgan fingerprint density at radius 1 is 1.11 bits per heavy atom. The maximum Gasteiger partial charge on any atom is 0.248 e. The molecule has 28 heavy (non-hydrogen) atoms. The van der Waals surface area contributed by atoms with E-state index in [1.54, 1.807) is 23.5 Å². The number of carbonyl (C=O) groups is 2. The number of rotatable bonds is 8. The molecule has 5 nitrogen and oxygen atoms in total. The number of hydrogen-bond donors (Lipinski definition) is 1. The van der Waals surface area contributed by atoms with Crippen molar-refractivity contribution in [2.45, 2.75) is 44.7 Å². The molecule has 2 N–H and O–H groups in total. The summed E-state index contributed by atoms with van der Waals surface area (Å²) in [4.78, 5) is 30.6. The third-order valence-corrected chi connectivity index (χ3v) is 6.11. The first-order valence-corrected chi connectivity index (χ1v) is 10.4. The molecule has 1 heterocycles. The number of aromatic nitrogens is 1. The summed E-state index contributed by atoms with van der Waals surface area (Å²) in [6.07, 6.45) is 4.32. The van der Waals surface area contributed by atoms with Gasteiger partial charge in [0.15, 0.2) is 0 Å². The first-order valence-electron chi connectivity index (χ1n) is 9.63. The van der Waals surface area contributed by atoms with Gasteiger partial charge < -0.3 is 10.6 Å². The average Bonchev–Trinajstić information content (AvgIpc) is 3.45. The number of carbonyl (C=O) groups excluding carboxylic acids is 2. The van der Waals surface area contributed by atoms with Gasteiger partial charge in [-0.05, 0) is 55.5 Å². The number of nitrogens with zero attached hydrogens (tertiary/aromatic N) is 2. The highest BCUT2D eigenvalue weighted by Gasteiger charge is 2.32. The van der Waals surface area contributed by atoms with Crippen LogP contribution in [0.2, 0.25) is 0 Å². The fourth-order valence-electron chi connectivity index (χ4n) is 3.34. The normalized spacial score (nSPS) is 13.6. The van der Waals surface area contributed by atoms with Gasteiger partial charge in [-0.3, -0.25) is 9.59 Å². The molecular weight excluding hydrogens is 370 g/mol. The summed E-state index contributed by atoms with van der Waals surface area (Å²) in [6.45, 7) is 0.587. The monoisotopic (exact) mass is 393 g/mol. The summed E-state index contributed by atoms with van der Waals surface area (Å²) in [5, 5.41) is 1.09. The summed E-state index contributed by atoms with van der Waals surface area (Å²) in [6, 6.07) is 15.7. The molecule has 0 unspecified atom stereocenters. The summed E-state index contributed by atoms with van der Waals surface area (Å²) in [5.74, 6) is -0.237. The van der Waals surface area contributed by atoms with Crippen LogP contribution in [0.3, 0.4) is 0 Å². The van der Waals surface area contributed by atoms with Crippen LogP contribution >= 0.6 is 11.3 Å². The minimum absolute atomic E-state index is 0.197. The van der Waals surface area contributed by atoms with Gasteiger partial charge in [-0.1, -0.05) is 24.3 Å². The van der Waals surface area contributed by atoms with Gasteiger partial charge in [0.2, 0.25) is 11.8 Å². The van der Waals surface area contributed by atoms with E-state index in [9.17, 15) is 9.59 Å². The van der Waals surface area contributed by atoms with Gasteiger partial charge in [0.05, 0.1) is 15.2 Å². The van der Waals surface area contributed by atoms with Gasteiger partial charge in [-0.25, -0.2) is 4.98 Å². The molecule has 0 saturated heterocycles. The second kappa shape index (κ2) is 8.10. The minimum atomic E-state index is -0.434. The Balaban J connectivity index is 1.34. The Hall–Kier alpha value is -2.73. The van der Waals surface area contributed by atoms with Crippen LogP contribution in [0.1, 0.15) is 46.6 Å². The molecule has 144 valence electrons. The van der Waals surface area contributed by atoms with Crippen molar-refractivity contribution in [1.82, 2.24) is 9.88 Å². The molecule has 6 heteroatoms. The fraction of sp³-hybridized carbons (Fsp3) is 0.318. The number of aryl methyl sites for hydroxylation is 1. The Morgan fingerprint density at radius 3 is 2.54 bits per heavy atom. The number of fused-ring (bicyclic) bond motifs is 1. The van der Waals surface area contributed by atoms with Crippen molar-refractivity contribution in [2.75, 3.05) is 0 Å². The Kier molecular flexibility index (Phi) is 5.39. The van der Waals surface area contributed by atoms with Crippen LogP contribution < -0.4 is 5.73 Å². The second-order valence-electron chi connectivity index (χ2n) is 7.24. The average molecular weight is 394 g/mol. The van der Waals surface area contributed by atoms with Crippen LogP contribution in [0.25, 0.3) is 10.2 Å². The number of thiazole rings is 1. The molecule has 2 aromatic carbocycles. The minimum Gasteiger partial charge on any atom is -0.366 e. The van der Waals surface area contributed by atoms with Crippen molar-refractivity contribution < 1.29 is 9.59 Å². The summed E-state index contributed by atoms with van der Waals surface area (Å²) in [5.41, 5.74) is 7.84. The number of primary amides is 1. The third-order valence-electron chi connectivity index (χ3n) is 5.02. The molecule has 0 radical (unpaired) electrons. The third kappa shape index (κ3) is 4.39. The lowest BCUT2D eigenvalue weighted by atomic mass is 10.1. The molecular formula is C22H23N3O2S. The lowest BCUT2D eigenvalue weighted by Gasteiger charge is -2.22. The van der Waals surface area contributed by atoms with Crippen molar-refractivity contribution >= 4 is 33.4 Å². The zero-order valence-corrected chi connectivity index (χ0v) is 16.5. The van der Waals surface area contributed by atoms with E-state index >= 15 is 0 Å². The van der Waals surface area contributed by atoms with Gasteiger partial charge in [0.1, 0.15) is 0 Å². The summed E-state index contributed by atoms with van der Waals surface area (Å²) in [7, 11) is 0. The number of nitrogens with two attached hydrogens (primary N) is 1. The van der Waals surface area contributed by atoms with E-state index in [1.807, 2.05) is 35.2 Å². The standard InChI is InChI=1S/C22H23N3O2S/c23-22(27)16-10-8-15(9-11-16)14-25(17-12-13-17)21(26)7-3-6-20-24-18-4-1-2-5-19(18)28-20/h1-2,4-5,8-11,17H,3,6-7,12-14H2,(H2,23,27). The van der Waals surface area contributed by atoms with Crippen molar-refractivity contribution in [3.05, 3.63) is 64.7 Å². The van der Waals surface area contributed by atoms with Crippen LogP contribution in [0.15, 0.2) is 48.5 Å². The van der Waals surface area contributed by atoms with Gasteiger partial charge >= 0.3 is 0 Å². The lowest BCUT2D eigenvalue weighted by molar-refractivity contribution is -0.132. The summed E-state index contributed by atoms with van der Waals surface area (Å²) >= 11 is 1.71. The second-order valence-corrected chi connectivity index (χ2v) is 8.36. The molecule has 0 atom stereocenters. The zero-order chi connectivity index (χ0) is 19.5. The molecule has 3 aromatic rings. The van der Waals surface area contributed by atoms with Crippen molar-refractivity contribution in [3.8, 4) is 0 Å². The van der Waals surface area contributed by atoms with E-state index in [0.717, 1.165) is 41.8 Å². The van der Waals surface area contributed by atoms with E-state index < -0.39 is 5.91 Å². The lowest BCUT2D eigenvalue weighted by Crippen LogP contribution is -2.32. The predicted molar refractivity (Wildman–Crippen MR) is 111 cm³/mol. The van der Waals surface area contributed by atoms with Crippen LogP contribution in [0.5, 0.6) is 0 Å². The van der Waals surface area contributed by atoms with Crippen molar-refractivity contribution in [3.63, 3.8) is 0 Å². The maximum atomic E-state index is 12.8. The SMILES string of the molecule is NC(=O)c1ccc(CN(C(=O)CCCc2nc3ccccc3s2)C2CC2)cc1. The van der Waals surface area contributed by atoms with Gasteiger partial charge in [-0.15, -0.1) is 11.3 Å². The van der Waals surface area contributed by atoms with Crippen LogP contribution in [-0.2, 0) is 17.8 Å². The molecule has 1 fully saturated rings. The highest BCUT2D eigenvalue weighted by molar-refractivity contribution is 7.18. The molecule has 1 aliphatic carbocycles. The van der Waals surface area contributed by atoms with Crippen molar-refractivity contribution in [2.24, 2.45) is 5.73 Å².